The molecule has 0 spiro atoms. The molecule has 0 heterocycles. The lowest BCUT2D eigenvalue weighted by Gasteiger charge is -2.36. The van der Waals surface area contributed by atoms with E-state index >= 15 is 0 Å². The molecule has 0 aromatic heterocycles. The third kappa shape index (κ3) is 4.27. The van der Waals surface area contributed by atoms with E-state index in [9.17, 15) is 4.79 Å². The number of rotatable bonds is 3. The van der Waals surface area contributed by atoms with Crippen LogP contribution in [-0.4, -0.2) is 5.97 Å². The van der Waals surface area contributed by atoms with Crippen molar-refractivity contribution in [2.75, 3.05) is 0 Å². The minimum Gasteiger partial charge on any atom is -0.426 e. The highest BCUT2D eigenvalue weighted by Gasteiger charge is 2.33. The second kappa shape index (κ2) is 7.93. The number of carbonyl (C=O) groups excluding carboxylic acids is 1. The largest absolute Gasteiger partial charge is 0.426 e. The lowest BCUT2D eigenvalue weighted by molar-refractivity contribution is -0.140. The van der Waals surface area contributed by atoms with Crippen LogP contribution in [0.4, 0.5) is 0 Å². The van der Waals surface area contributed by atoms with Crippen molar-refractivity contribution in [2.45, 2.75) is 79.1 Å². The zero-order valence-electron chi connectivity index (χ0n) is 16.4. The summed E-state index contributed by atoms with van der Waals surface area (Å²) in [5.74, 6) is 3.51. The van der Waals surface area contributed by atoms with Gasteiger partial charge in [-0.15, -0.1) is 0 Å². The first-order valence-electron chi connectivity index (χ1n) is 10.2. The summed E-state index contributed by atoms with van der Waals surface area (Å²) in [7, 11) is 0. The van der Waals surface area contributed by atoms with Crippen molar-refractivity contribution in [1.82, 2.24) is 0 Å². The molecule has 3 rings (SSSR count). The van der Waals surface area contributed by atoms with Crippen LogP contribution in [0.3, 0.4) is 0 Å². The van der Waals surface area contributed by atoms with E-state index in [0.717, 1.165) is 41.9 Å². The molecule has 25 heavy (non-hydrogen) atoms. The number of benzene rings is 1. The zero-order valence-corrected chi connectivity index (χ0v) is 16.4. The Bertz CT molecular complexity index is 613. The predicted molar refractivity (Wildman–Crippen MR) is 107 cm³/mol. The van der Waals surface area contributed by atoms with Gasteiger partial charge in [-0.3, -0.25) is 4.79 Å². The van der Waals surface area contributed by atoms with Crippen molar-refractivity contribution in [3.05, 3.63) is 28.8 Å². The van der Waals surface area contributed by atoms with Gasteiger partial charge >= 0.3 is 5.97 Å². The molecule has 0 atom stereocenters. The lowest BCUT2D eigenvalue weighted by atomic mass is 9.69. The fourth-order valence-corrected chi connectivity index (χ4v) is 4.82. The van der Waals surface area contributed by atoms with Gasteiger partial charge in [-0.2, -0.15) is 0 Å². The monoisotopic (exact) mass is 346 g/mol. The summed E-state index contributed by atoms with van der Waals surface area (Å²) < 4.78 is 5.78. The van der Waals surface area contributed by atoms with Crippen LogP contribution in [0.5, 0.6) is 5.75 Å². The van der Waals surface area contributed by atoms with Crippen LogP contribution in [0.2, 0.25) is 0 Å². The molecular weight excluding hydrogens is 308 g/mol. The maximum Gasteiger partial charge on any atom is 0.314 e. The maximum atomic E-state index is 12.6. The van der Waals surface area contributed by atoms with E-state index in [0.29, 0.717) is 0 Å². The number of ether oxygens (including phenoxy) is 1. The van der Waals surface area contributed by atoms with Crippen molar-refractivity contribution in [3.8, 4) is 5.75 Å². The van der Waals surface area contributed by atoms with Gasteiger partial charge < -0.3 is 4.74 Å². The number of esters is 1. The van der Waals surface area contributed by atoms with Crippen LogP contribution in [0.1, 0.15) is 77.8 Å². The molecule has 142 valence electrons. The van der Waals surface area contributed by atoms with Gasteiger partial charge in [0.25, 0.3) is 0 Å². The normalized spacial score (nSPS) is 30.1. The highest BCUT2D eigenvalue weighted by molar-refractivity contribution is 5.75. The van der Waals surface area contributed by atoms with Crippen LogP contribution >= 0.6 is 0 Å². The Kier molecular flexibility index (Phi) is 5.86. The van der Waals surface area contributed by atoms with E-state index in [1.54, 1.807) is 0 Å². The van der Waals surface area contributed by atoms with Crippen molar-refractivity contribution in [3.63, 3.8) is 0 Å². The van der Waals surface area contributed by atoms with Gasteiger partial charge in [-0.1, -0.05) is 25.8 Å². The Morgan fingerprint density at radius 3 is 2.04 bits per heavy atom. The van der Waals surface area contributed by atoms with Crippen LogP contribution in [0, 0.1) is 44.4 Å². The molecule has 2 aliphatic carbocycles. The molecule has 1 aromatic rings. The van der Waals surface area contributed by atoms with Crippen LogP contribution in [0.25, 0.3) is 0 Å². The summed E-state index contributed by atoms with van der Waals surface area (Å²) in [5, 5.41) is 0. The minimum absolute atomic E-state index is 0. The number of carbonyl (C=O) groups is 1. The summed E-state index contributed by atoms with van der Waals surface area (Å²) in [6, 6.07) is 4.00. The molecule has 0 bridgehead atoms. The molecule has 1 aromatic carbocycles. The Balaban J connectivity index is 0.00000182. The van der Waals surface area contributed by atoms with Gasteiger partial charge in [0.2, 0.25) is 0 Å². The molecule has 2 saturated carbocycles. The molecule has 2 heteroatoms. The van der Waals surface area contributed by atoms with Crippen LogP contribution in [-0.2, 0) is 4.79 Å². The van der Waals surface area contributed by atoms with E-state index in [2.05, 4.69) is 20.8 Å². The number of aryl methyl sites for hydroxylation is 1. The Morgan fingerprint density at radius 1 is 0.880 bits per heavy atom. The highest BCUT2D eigenvalue weighted by atomic mass is 16.5. The summed E-state index contributed by atoms with van der Waals surface area (Å²) in [6.07, 6.45) is 10.1. The summed E-state index contributed by atoms with van der Waals surface area (Å²) in [4.78, 5) is 12.6. The van der Waals surface area contributed by atoms with E-state index < -0.39 is 0 Å². The smallest absolute Gasteiger partial charge is 0.314 e. The van der Waals surface area contributed by atoms with Gasteiger partial charge in [0, 0.05) is 2.85 Å². The molecule has 0 N–H and O–H groups in total. The average molecular weight is 347 g/mol. The molecule has 0 radical (unpaired) electrons. The summed E-state index contributed by atoms with van der Waals surface area (Å²) >= 11 is 0. The fraction of sp³-hybridized carbons (Fsp3) is 0.696. The van der Waals surface area contributed by atoms with Crippen molar-refractivity contribution in [1.29, 1.82) is 0 Å². The molecule has 0 amide bonds. The third-order valence-corrected chi connectivity index (χ3v) is 7.05. The second-order valence-corrected chi connectivity index (χ2v) is 8.68. The Hall–Kier alpha value is -1.31. The molecule has 2 aliphatic rings. The third-order valence-electron chi connectivity index (χ3n) is 7.05. The van der Waals surface area contributed by atoms with Crippen molar-refractivity contribution < 1.29 is 12.4 Å². The molecule has 0 saturated heterocycles. The minimum atomic E-state index is -0.0120. The quantitative estimate of drug-likeness (QED) is 0.453. The van der Waals surface area contributed by atoms with Crippen molar-refractivity contribution in [2.24, 2.45) is 23.7 Å². The van der Waals surface area contributed by atoms with Crippen LogP contribution < -0.4 is 4.74 Å². The first-order chi connectivity index (χ1) is 12.0. The summed E-state index contributed by atoms with van der Waals surface area (Å²) in [6.45, 7) is 8.63. The topological polar surface area (TPSA) is 26.3 Å². The molecule has 2 fully saturated rings. The fourth-order valence-electron chi connectivity index (χ4n) is 4.82. The van der Waals surface area contributed by atoms with E-state index in [1.165, 1.54) is 49.7 Å². The molecule has 0 aliphatic heterocycles. The standard InChI is InChI=1S/C23H34O2.2H2/c1-15-5-8-19(9-6-15)20-10-12-21(13-11-20)23(24)25-22-14-7-16(2)17(3)18(22)4;;/h7,14-15,19-21H,5-6,8-13H2,1-4H3;2*1H. The first kappa shape index (κ1) is 18.5. The number of hydrogen-bond donors (Lipinski definition) is 0. The van der Waals surface area contributed by atoms with Crippen LogP contribution in [0.15, 0.2) is 12.1 Å². The average Bonchev–Trinajstić information content (AvgIpc) is 2.63. The Labute approximate surface area is 156 Å². The molecular formula is C23H38O2. The lowest BCUT2D eigenvalue weighted by Crippen LogP contribution is -2.30. The SMILES string of the molecule is Cc1ccc(OC(=O)C2CCC(C3CCC(C)CC3)CC2)c(C)c1C.[HH].[HH]. The molecule has 0 unspecified atom stereocenters. The number of hydrogen-bond acceptors (Lipinski definition) is 2. The van der Waals surface area contributed by atoms with Gasteiger partial charge in [0.1, 0.15) is 5.75 Å². The van der Waals surface area contributed by atoms with E-state index in [1.807, 2.05) is 19.1 Å². The molecule has 2 nitrogen and oxygen atoms in total. The first-order valence-corrected chi connectivity index (χ1v) is 10.2. The zero-order chi connectivity index (χ0) is 18.0. The second-order valence-electron chi connectivity index (χ2n) is 8.68. The van der Waals surface area contributed by atoms with Gasteiger partial charge in [-0.25, -0.2) is 0 Å². The van der Waals surface area contributed by atoms with Gasteiger partial charge in [0.15, 0.2) is 0 Å². The Morgan fingerprint density at radius 2 is 1.44 bits per heavy atom. The van der Waals surface area contributed by atoms with E-state index in [4.69, 9.17) is 4.74 Å². The van der Waals surface area contributed by atoms with Crippen molar-refractivity contribution >= 4 is 5.97 Å². The highest BCUT2D eigenvalue weighted by Crippen LogP contribution is 2.41. The van der Waals surface area contributed by atoms with Gasteiger partial charge in [-0.05, 0) is 99.8 Å². The van der Waals surface area contributed by atoms with Gasteiger partial charge in [0.05, 0.1) is 5.92 Å². The predicted octanol–water partition coefficient (Wildman–Crippen LogP) is 6.64. The maximum absolute atomic E-state index is 12.6. The summed E-state index contributed by atoms with van der Waals surface area (Å²) in [5.41, 5.74) is 3.57. The van der Waals surface area contributed by atoms with E-state index in [-0.39, 0.29) is 14.7 Å².